The van der Waals surface area contributed by atoms with Gasteiger partial charge in [0.15, 0.2) is 5.96 Å². The zero-order chi connectivity index (χ0) is 21.3. The summed E-state index contributed by atoms with van der Waals surface area (Å²) in [6.45, 7) is 6.70. The predicted molar refractivity (Wildman–Crippen MR) is 118 cm³/mol. The van der Waals surface area contributed by atoms with E-state index in [2.05, 4.69) is 20.3 Å². The SMILES string of the molecule is CCNC(=NCCCN(CC)S(C)(=O)=O)N(C)Cc1ncc(-c2ccccc2)[nH]1. The highest BCUT2D eigenvalue weighted by atomic mass is 32.2. The van der Waals surface area contributed by atoms with Gasteiger partial charge in [-0.25, -0.2) is 17.7 Å². The number of hydrogen-bond donors (Lipinski definition) is 2. The van der Waals surface area contributed by atoms with Crippen LogP contribution in [0, 0.1) is 0 Å². The number of rotatable bonds is 10. The molecule has 160 valence electrons. The quantitative estimate of drug-likeness (QED) is 0.349. The minimum Gasteiger partial charge on any atom is -0.357 e. The van der Waals surface area contributed by atoms with Gasteiger partial charge >= 0.3 is 0 Å². The van der Waals surface area contributed by atoms with Crippen molar-refractivity contribution in [3.63, 3.8) is 0 Å². The second-order valence-corrected chi connectivity index (χ2v) is 8.79. The minimum atomic E-state index is -3.16. The van der Waals surface area contributed by atoms with Gasteiger partial charge in [-0.2, -0.15) is 0 Å². The molecule has 1 heterocycles. The second-order valence-electron chi connectivity index (χ2n) is 6.81. The summed E-state index contributed by atoms with van der Waals surface area (Å²) in [5.41, 5.74) is 2.08. The van der Waals surface area contributed by atoms with Crippen molar-refractivity contribution in [3.8, 4) is 11.3 Å². The molecule has 8 nitrogen and oxygen atoms in total. The number of nitrogens with zero attached hydrogens (tertiary/aromatic N) is 4. The Balaban J connectivity index is 1.95. The Labute approximate surface area is 174 Å². The molecule has 0 fully saturated rings. The normalized spacial score (nSPS) is 12.4. The maximum absolute atomic E-state index is 11.7. The van der Waals surface area contributed by atoms with E-state index in [1.165, 1.54) is 10.6 Å². The fraction of sp³-hybridized carbons (Fsp3) is 0.500. The summed E-state index contributed by atoms with van der Waals surface area (Å²) in [4.78, 5) is 14.5. The van der Waals surface area contributed by atoms with Gasteiger partial charge < -0.3 is 15.2 Å². The van der Waals surface area contributed by atoms with Crippen LogP contribution in [0.5, 0.6) is 0 Å². The van der Waals surface area contributed by atoms with Crippen molar-refractivity contribution in [2.24, 2.45) is 4.99 Å². The van der Waals surface area contributed by atoms with E-state index in [9.17, 15) is 8.42 Å². The van der Waals surface area contributed by atoms with Gasteiger partial charge in [0.05, 0.1) is 24.7 Å². The molecule has 9 heteroatoms. The zero-order valence-corrected chi connectivity index (χ0v) is 18.5. The monoisotopic (exact) mass is 420 g/mol. The Morgan fingerprint density at radius 1 is 1.24 bits per heavy atom. The van der Waals surface area contributed by atoms with Gasteiger partial charge in [0.2, 0.25) is 10.0 Å². The molecule has 2 aromatic rings. The van der Waals surface area contributed by atoms with Crippen LogP contribution in [0.15, 0.2) is 41.5 Å². The van der Waals surface area contributed by atoms with Crippen LogP contribution in [0.3, 0.4) is 0 Å². The highest BCUT2D eigenvalue weighted by Crippen LogP contribution is 2.16. The summed E-state index contributed by atoms with van der Waals surface area (Å²) in [6.07, 6.45) is 3.75. The standard InChI is InChI=1S/C20H32N6O2S/c1-5-21-20(22-13-10-14-26(6-2)29(4,27)28)25(3)16-19-23-15-18(24-19)17-11-8-7-9-12-17/h7-9,11-12,15H,5-6,10,13-14,16H2,1-4H3,(H,21,22)(H,23,24). The summed E-state index contributed by atoms with van der Waals surface area (Å²) in [7, 11) is -1.20. The van der Waals surface area contributed by atoms with Gasteiger partial charge in [-0.05, 0) is 18.9 Å². The average molecular weight is 421 g/mol. The highest BCUT2D eigenvalue weighted by molar-refractivity contribution is 7.88. The topological polar surface area (TPSA) is 93.7 Å². The van der Waals surface area contributed by atoms with Gasteiger partial charge in [0.25, 0.3) is 0 Å². The first-order chi connectivity index (χ1) is 13.8. The van der Waals surface area contributed by atoms with Gasteiger partial charge in [-0.3, -0.25) is 4.99 Å². The molecule has 1 aromatic carbocycles. The number of sulfonamides is 1. The smallest absolute Gasteiger partial charge is 0.211 e. The predicted octanol–water partition coefficient (Wildman–Crippen LogP) is 2.15. The number of aromatic nitrogens is 2. The molecular weight excluding hydrogens is 388 g/mol. The lowest BCUT2D eigenvalue weighted by molar-refractivity contribution is 0.425. The zero-order valence-electron chi connectivity index (χ0n) is 17.7. The van der Waals surface area contributed by atoms with Crippen LogP contribution in [0.2, 0.25) is 0 Å². The molecule has 2 N–H and O–H groups in total. The van der Waals surface area contributed by atoms with Crippen LogP contribution in [0.4, 0.5) is 0 Å². The molecule has 0 atom stereocenters. The number of H-pyrrole nitrogens is 1. The molecule has 0 saturated carbocycles. The van der Waals surface area contributed by atoms with Crippen molar-refractivity contribution in [1.29, 1.82) is 0 Å². The van der Waals surface area contributed by atoms with Crippen LogP contribution in [-0.4, -0.2) is 73.0 Å². The number of guanidine groups is 1. The first-order valence-electron chi connectivity index (χ1n) is 9.89. The minimum absolute atomic E-state index is 0.473. The number of hydrogen-bond acceptors (Lipinski definition) is 4. The van der Waals surface area contributed by atoms with E-state index in [-0.39, 0.29) is 0 Å². The fourth-order valence-corrected chi connectivity index (χ4v) is 3.90. The molecule has 0 aliphatic rings. The lowest BCUT2D eigenvalue weighted by atomic mass is 10.2. The Hall–Kier alpha value is -2.39. The molecule has 29 heavy (non-hydrogen) atoms. The van der Waals surface area contributed by atoms with E-state index < -0.39 is 10.0 Å². The van der Waals surface area contributed by atoms with Gasteiger partial charge in [0, 0.05) is 33.2 Å². The molecule has 0 amide bonds. The summed E-state index contributed by atoms with van der Waals surface area (Å²) in [5, 5.41) is 3.28. The molecule has 0 aliphatic carbocycles. The molecule has 0 spiro atoms. The number of nitrogens with one attached hydrogen (secondary N) is 2. The summed E-state index contributed by atoms with van der Waals surface area (Å²) < 4.78 is 24.8. The molecule has 0 aliphatic heterocycles. The Morgan fingerprint density at radius 2 is 1.97 bits per heavy atom. The molecule has 0 radical (unpaired) electrons. The molecule has 0 saturated heterocycles. The molecule has 1 aromatic heterocycles. The Morgan fingerprint density at radius 3 is 2.59 bits per heavy atom. The molecule has 2 rings (SSSR count). The van der Waals surface area contributed by atoms with Crippen molar-refractivity contribution in [2.75, 3.05) is 39.5 Å². The van der Waals surface area contributed by atoms with Gasteiger partial charge in [-0.15, -0.1) is 0 Å². The number of benzene rings is 1. The van der Waals surface area contributed by atoms with Crippen molar-refractivity contribution in [1.82, 2.24) is 24.5 Å². The lowest BCUT2D eigenvalue weighted by Gasteiger charge is -2.21. The van der Waals surface area contributed by atoms with Crippen molar-refractivity contribution in [2.45, 2.75) is 26.8 Å². The van der Waals surface area contributed by atoms with Crippen molar-refractivity contribution in [3.05, 3.63) is 42.4 Å². The lowest BCUT2D eigenvalue weighted by Crippen LogP contribution is -2.39. The van der Waals surface area contributed by atoms with Crippen LogP contribution < -0.4 is 5.32 Å². The van der Waals surface area contributed by atoms with Gasteiger partial charge in [0.1, 0.15) is 5.82 Å². The molecule has 0 unspecified atom stereocenters. The third-order valence-electron chi connectivity index (χ3n) is 4.45. The molecular formula is C20H32N6O2S. The van der Waals surface area contributed by atoms with Gasteiger partial charge in [-0.1, -0.05) is 37.3 Å². The number of aliphatic imine (C=N–C) groups is 1. The first kappa shape index (κ1) is 22.9. The van der Waals surface area contributed by atoms with E-state index in [1.807, 2.05) is 62.3 Å². The third-order valence-corrected chi connectivity index (χ3v) is 5.82. The van der Waals surface area contributed by atoms with Crippen LogP contribution in [-0.2, 0) is 16.6 Å². The largest absolute Gasteiger partial charge is 0.357 e. The summed E-state index contributed by atoms with van der Waals surface area (Å²) in [5.74, 6) is 1.62. The van der Waals surface area contributed by atoms with Crippen LogP contribution >= 0.6 is 0 Å². The number of aromatic amines is 1. The van der Waals surface area contributed by atoms with E-state index in [1.54, 1.807) is 0 Å². The maximum Gasteiger partial charge on any atom is 0.211 e. The van der Waals surface area contributed by atoms with E-state index >= 15 is 0 Å². The Kier molecular flexibility index (Phi) is 8.66. The average Bonchev–Trinajstić information content (AvgIpc) is 3.15. The first-order valence-corrected chi connectivity index (χ1v) is 11.7. The number of imidazole rings is 1. The molecule has 0 bridgehead atoms. The second kappa shape index (κ2) is 11.0. The third kappa shape index (κ3) is 7.17. The summed E-state index contributed by atoms with van der Waals surface area (Å²) >= 11 is 0. The van der Waals surface area contributed by atoms with Crippen LogP contribution in [0.25, 0.3) is 11.3 Å². The van der Waals surface area contributed by atoms with E-state index in [0.717, 1.165) is 29.6 Å². The highest BCUT2D eigenvalue weighted by Gasteiger charge is 2.14. The van der Waals surface area contributed by atoms with E-state index in [4.69, 9.17) is 0 Å². The van der Waals surface area contributed by atoms with Crippen molar-refractivity contribution < 1.29 is 8.42 Å². The maximum atomic E-state index is 11.7. The van der Waals surface area contributed by atoms with Crippen LogP contribution in [0.1, 0.15) is 26.1 Å². The Bertz CT molecular complexity index is 879. The fourth-order valence-electron chi connectivity index (χ4n) is 2.97. The summed E-state index contributed by atoms with van der Waals surface area (Å²) in [6, 6.07) is 10.1. The van der Waals surface area contributed by atoms with E-state index in [0.29, 0.717) is 32.6 Å². The van der Waals surface area contributed by atoms with Crippen molar-refractivity contribution >= 4 is 16.0 Å².